The number of benzene rings is 2. The summed E-state index contributed by atoms with van der Waals surface area (Å²) in [6.45, 7) is -0.348. The normalized spacial score (nSPS) is 11.5. The molecule has 3 N–H and O–H groups in total. The van der Waals surface area contributed by atoms with Gasteiger partial charge in [-0.25, -0.2) is 21.6 Å². The van der Waals surface area contributed by atoms with Gasteiger partial charge < -0.3 is 10.1 Å². The predicted octanol–water partition coefficient (Wildman–Crippen LogP) is 3.88. The zero-order valence-electron chi connectivity index (χ0n) is 19.5. The van der Waals surface area contributed by atoms with Gasteiger partial charge in [0.15, 0.2) is 6.61 Å². The monoisotopic (exact) mass is 591 g/mol. The number of rotatable bonds is 11. The molecule has 2 aromatic heterocycles. The first-order chi connectivity index (χ1) is 18.1. The topological polar surface area (TPSA) is 148 Å². The van der Waals surface area contributed by atoms with E-state index in [-0.39, 0.29) is 31.9 Å². The molecule has 0 atom stereocenters. The van der Waals surface area contributed by atoms with Gasteiger partial charge in [-0.05, 0) is 46.7 Å². The zero-order chi connectivity index (χ0) is 27.2. The van der Waals surface area contributed by atoms with Crippen molar-refractivity contribution in [1.82, 2.24) is 5.32 Å². The van der Waals surface area contributed by atoms with E-state index in [1.165, 1.54) is 30.3 Å². The van der Waals surface area contributed by atoms with Crippen LogP contribution in [-0.4, -0.2) is 35.3 Å². The van der Waals surface area contributed by atoms with Crippen LogP contribution >= 0.6 is 22.7 Å². The number of carbonyl (C=O) groups excluding carboxylic acids is 2. The summed E-state index contributed by atoms with van der Waals surface area (Å²) in [7, 11) is -8.00. The lowest BCUT2D eigenvalue weighted by Crippen LogP contribution is -2.28. The van der Waals surface area contributed by atoms with E-state index in [0.29, 0.717) is 0 Å². The number of thiophene rings is 2. The SMILES string of the molecule is O=C(COC(=O)c1cc(NS(=O)(=O)c2cccs2)cc(NS(=O)(=O)c2cccs2)c1)NCc1ccccc1. The van der Waals surface area contributed by atoms with Gasteiger partial charge in [0.2, 0.25) is 0 Å². The maximum absolute atomic E-state index is 12.8. The molecule has 0 saturated heterocycles. The molecule has 38 heavy (non-hydrogen) atoms. The number of hydrogen-bond acceptors (Lipinski definition) is 9. The summed E-state index contributed by atoms with van der Waals surface area (Å²) in [6.07, 6.45) is 0. The lowest BCUT2D eigenvalue weighted by molar-refractivity contribution is -0.124. The van der Waals surface area contributed by atoms with Crippen LogP contribution in [0.15, 0.2) is 92.0 Å². The molecule has 0 spiro atoms. The Balaban J connectivity index is 1.53. The lowest BCUT2D eigenvalue weighted by atomic mass is 10.2. The standard InChI is InChI=1S/C24H21N3O7S4/c28-21(25-15-17-6-2-1-3-7-17)16-34-24(29)18-12-19(26-37(30,31)22-8-4-10-35-22)14-20(13-18)27-38(32,33)23-9-5-11-36-23/h1-14,26-27H,15-16H2,(H,25,28). The molecule has 0 aliphatic heterocycles. The van der Waals surface area contributed by atoms with E-state index in [0.717, 1.165) is 28.2 Å². The van der Waals surface area contributed by atoms with Crippen molar-refractivity contribution < 1.29 is 31.2 Å². The van der Waals surface area contributed by atoms with E-state index in [2.05, 4.69) is 14.8 Å². The summed E-state index contributed by atoms with van der Waals surface area (Å²) in [5.41, 5.74) is 0.534. The highest BCUT2D eigenvalue weighted by molar-refractivity contribution is 7.95. The van der Waals surface area contributed by atoms with Gasteiger partial charge in [-0.15, -0.1) is 22.7 Å². The van der Waals surface area contributed by atoms with E-state index in [4.69, 9.17) is 4.74 Å². The minimum Gasteiger partial charge on any atom is -0.452 e. The molecule has 4 aromatic rings. The number of amides is 1. The third-order valence-electron chi connectivity index (χ3n) is 4.86. The maximum Gasteiger partial charge on any atom is 0.338 e. The molecule has 14 heteroatoms. The molecule has 0 bridgehead atoms. The molecule has 0 saturated carbocycles. The Labute approximate surface area is 227 Å². The minimum absolute atomic E-state index is 0.0290. The number of esters is 1. The fraction of sp³-hybridized carbons (Fsp3) is 0.0833. The Bertz CT molecular complexity index is 1530. The average Bonchev–Trinajstić information content (AvgIpc) is 3.61. The predicted molar refractivity (Wildman–Crippen MR) is 145 cm³/mol. The Morgan fingerprint density at radius 1 is 0.737 bits per heavy atom. The fourth-order valence-corrected chi connectivity index (χ4v) is 7.24. The van der Waals surface area contributed by atoms with Gasteiger partial charge in [-0.3, -0.25) is 14.2 Å². The van der Waals surface area contributed by atoms with E-state index in [9.17, 15) is 26.4 Å². The fourth-order valence-electron chi connectivity index (χ4n) is 3.17. The first-order valence-corrected chi connectivity index (χ1v) is 15.6. The van der Waals surface area contributed by atoms with Crippen LogP contribution in [0.25, 0.3) is 0 Å². The minimum atomic E-state index is -4.00. The number of ether oxygens (including phenoxy) is 1. The van der Waals surface area contributed by atoms with Gasteiger partial charge in [-0.2, -0.15) is 0 Å². The molecule has 4 rings (SSSR count). The van der Waals surface area contributed by atoms with Gasteiger partial charge in [-0.1, -0.05) is 42.5 Å². The van der Waals surface area contributed by atoms with Crippen LogP contribution in [0.4, 0.5) is 11.4 Å². The Morgan fingerprint density at radius 3 is 1.79 bits per heavy atom. The molecule has 2 aromatic carbocycles. The summed E-state index contributed by atoms with van der Waals surface area (Å²) < 4.78 is 60.7. The van der Waals surface area contributed by atoms with Crippen LogP contribution in [-0.2, 0) is 36.1 Å². The second kappa shape index (κ2) is 11.8. The summed E-state index contributed by atoms with van der Waals surface area (Å²) >= 11 is 1.98. The van der Waals surface area contributed by atoms with Crippen LogP contribution in [0.5, 0.6) is 0 Å². The number of hydrogen-bond donors (Lipinski definition) is 3. The Kier molecular flexibility index (Phi) is 8.46. The van der Waals surface area contributed by atoms with Crippen molar-refractivity contribution >= 4 is 66.0 Å². The molecule has 10 nitrogen and oxygen atoms in total. The van der Waals surface area contributed by atoms with Crippen molar-refractivity contribution in [1.29, 1.82) is 0 Å². The maximum atomic E-state index is 12.8. The van der Waals surface area contributed by atoms with Crippen molar-refractivity contribution in [2.24, 2.45) is 0 Å². The molecule has 198 valence electrons. The Hall–Kier alpha value is -3.72. The average molecular weight is 592 g/mol. The largest absolute Gasteiger partial charge is 0.452 e. The molecule has 2 heterocycles. The van der Waals surface area contributed by atoms with Gasteiger partial charge in [0.25, 0.3) is 26.0 Å². The van der Waals surface area contributed by atoms with Crippen molar-refractivity contribution in [3.8, 4) is 0 Å². The van der Waals surface area contributed by atoms with E-state index in [1.807, 2.05) is 30.3 Å². The van der Waals surface area contributed by atoms with Crippen molar-refractivity contribution in [2.75, 3.05) is 16.1 Å². The quantitative estimate of drug-likeness (QED) is 0.224. The van der Waals surface area contributed by atoms with Gasteiger partial charge in [0.1, 0.15) is 8.42 Å². The first kappa shape index (κ1) is 27.3. The smallest absolute Gasteiger partial charge is 0.338 e. The summed E-state index contributed by atoms with van der Waals surface area (Å²) in [4.78, 5) is 24.9. The summed E-state index contributed by atoms with van der Waals surface area (Å²) in [6, 6.07) is 18.7. The highest BCUT2D eigenvalue weighted by Gasteiger charge is 2.21. The second-order valence-electron chi connectivity index (χ2n) is 7.71. The molecular formula is C24H21N3O7S4. The Morgan fingerprint density at radius 2 is 1.29 bits per heavy atom. The highest BCUT2D eigenvalue weighted by Crippen LogP contribution is 2.27. The van der Waals surface area contributed by atoms with E-state index in [1.54, 1.807) is 22.9 Å². The molecule has 0 unspecified atom stereocenters. The van der Waals surface area contributed by atoms with Crippen LogP contribution < -0.4 is 14.8 Å². The number of carbonyl (C=O) groups is 2. The molecular weight excluding hydrogens is 571 g/mol. The number of anilines is 2. The molecule has 0 fully saturated rings. The molecule has 1 amide bonds. The summed E-state index contributed by atoms with van der Waals surface area (Å²) in [5.74, 6) is -1.50. The van der Waals surface area contributed by atoms with Crippen molar-refractivity contribution in [3.63, 3.8) is 0 Å². The van der Waals surface area contributed by atoms with Crippen molar-refractivity contribution in [3.05, 3.63) is 94.7 Å². The second-order valence-corrected chi connectivity index (χ2v) is 13.4. The van der Waals surface area contributed by atoms with Crippen LogP contribution in [0, 0.1) is 0 Å². The van der Waals surface area contributed by atoms with Crippen LogP contribution in [0.3, 0.4) is 0 Å². The third kappa shape index (κ3) is 7.19. The third-order valence-corrected chi connectivity index (χ3v) is 10.4. The van der Waals surface area contributed by atoms with Gasteiger partial charge in [0.05, 0.1) is 16.9 Å². The van der Waals surface area contributed by atoms with Crippen LogP contribution in [0.1, 0.15) is 15.9 Å². The highest BCUT2D eigenvalue weighted by atomic mass is 32.3. The van der Waals surface area contributed by atoms with E-state index >= 15 is 0 Å². The molecule has 0 aliphatic carbocycles. The number of sulfonamides is 2. The van der Waals surface area contributed by atoms with Crippen LogP contribution in [0.2, 0.25) is 0 Å². The molecule has 0 aliphatic rings. The zero-order valence-corrected chi connectivity index (χ0v) is 22.8. The van der Waals surface area contributed by atoms with Crippen molar-refractivity contribution in [2.45, 2.75) is 15.0 Å². The van der Waals surface area contributed by atoms with Gasteiger partial charge in [0, 0.05) is 6.54 Å². The molecule has 0 radical (unpaired) electrons. The number of nitrogens with one attached hydrogen (secondary N) is 3. The first-order valence-electron chi connectivity index (χ1n) is 10.9. The summed E-state index contributed by atoms with van der Waals surface area (Å²) in [5, 5.41) is 5.80. The van der Waals surface area contributed by atoms with E-state index < -0.39 is 38.5 Å². The lowest BCUT2D eigenvalue weighted by Gasteiger charge is -2.13. The van der Waals surface area contributed by atoms with Gasteiger partial charge >= 0.3 is 5.97 Å².